The summed E-state index contributed by atoms with van der Waals surface area (Å²) in [4.78, 5) is 31.5. The molecule has 2 heterocycles. The summed E-state index contributed by atoms with van der Waals surface area (Å²) in [5.41, 5.74) is 0.896. The third-order valence-electron chi connectivity index (χ3n) is 5.33. The summed E-state index contributed by atoms with van der Waals surface area (Å²) in [5.74, 6) is -0.751. The average Bonchev–Trinajstić information content (AvgIpc) is 2.97. The zero-order chi connectivity index (χ0) is 20.3. The van der Waals surface area contributed by atoms with Crippen LogP contribution in [0.1, 0.15) is 34.3 Å². The largest absolute Gasteiger partial charge is 0.375 e. The van der Waals surface area contributed by atoms with Crippen molar-refractivity contribution in [2.24, 2.45) is 0 Å². The van der Waals surface area contributed by atoms with Crippen LogP contribution >= 0.6 is 0 Å². The van der Waals surface area contributed by atoms with E-state index in [4.69, 9.17) is 0 Å². The zero-order valence-electron chi connectivity index (χ0n) is 16.0. The summed E-state index contributed by atoms with van der Waals surface area (Å²) in [6.07, 6.45) is 4.32. The second-order valence-electron chi connectivity index (χ2n) is 7.27. The fraction of sp³-hybridized carbons (Fsp3) is 0.208. The summed E-state index contributed by atoms with van der Waals surface area (Å²) < 4.78 is 0. The number of ketones is 1. The lowest BCUT2D eigenvalue weighted by Crippen LogP contribution is -2.42. The Bertz CT molecular complexity index is 1020. The highest BCUT2D eigenvalue weighted by molar-refractivity contribution is 6.10. The van der Waals surface area contributed by atoms with Gasteiger partial charge in [-0.15, -0.1) is 0 Å². The van der Waals surface area contributed by atoms with E-state index in [0.29, 0.717) is 23.4 Å². The van der Waals surface area contributed by atoms with Crippen LogP contribution in [0, 0.1) is 0 Å². The van der Waals surface area contributed by atoms with Crippen LogP contribution in [0.5, 0.6) is 0 Å². The highest BCUT2D eigenvalue weighted by Gasteiger charge is 2.50. The minimum absolute atomic E-state index is 0.302. The number of amides is 1. The average molecular weight is 386 g/mol. The first kappa shape index (κ1) is 19.0. The summed E-state index contributed by atoms with van der Waals surface area (Å²) in [7, 11) is 0. The van der Waals surface area contributed by atoms with Gasteiger partial charge in [0.25, 0.3) is 5.91 Å². The Balaban J connectivity index is 1.54. The fourth-order valence-electron chi connectivity index (χ4n) is 3.85. The lowest BCUT2D eigenvalue weighted by atomic mass is 9.88. The van der Waals surface area contributed by atoms with Gasteiger partial charge in [-0.3, -0.25) is 14.6 Å². The molecule has 1 unspecified atom stereocenters. The molecule has 1 aliphatic rings. The maximum Gasteiger partial charge on any atom is 0.264 e. The van der Waals surface area contributed by atoms with Crippen LogP contribution in [0.3, 0.4) is 0 Å². The number of fused-ring (bicyclic) bond motifs is 1. The van der Waals surface area contributed by atoms with Gasteiger partial charge in [-0.25, -0.2) is 0 Å². The van der Waals surface area contributed by atoms with E-state index < -0.39 is 11.5 Å². The third-order valence-corrected chi connectivity index (χ3v) is 5.33. The van der Waals surface area contributed by atoms with Gasteiger partial charge >= 0.3 is 0 Å². The molecule has 1 atom stereocenters. The molecule has 3 aromatic rings. The van der Waals surface area contributed by atoms with E-state index in [2.05, 4.69) is 17.1 Å². The van der Waals surface area contributed by atoms with Gasteiger partial charge in [0.15, 0.2) is 11.4 Å². The lowest BCUT2D eigenvalue weighted by Gasteiger charge is -2.22. The summed E-state index contributed by atoms with van der Waals surface area (Å²) in [6, 6.07) is 20.5. The number of nitrogens with zero attached hydrogens (tertiary/aromatic N) is 2. The number of para-hydroxylation sites is 1. The number of aromatic nitrogens is 1. The molecule has 146 valence electrons. The lowest BCUT2D eigenvalue weighted by molar-refractivity contribution is -0.135. The molecule has 0 aliphatic carbocycles. The van der Waals surface area contributed by atoms with Gasteiger partial charge in [0.2, 0.25) is 0 Å². The first-order valence-corrected chi connectivity index (χ1v) is 9.70. The number of pyridine rings is 1. The zero-order valence-corrected chi connectivity index (χ0v) is 16.0. The fourth-order valence-corrected chi connectivity index (χ4v) is 3.85. The van der Waals surface area contributed by atoms with Gasteiger partial charge in [0, 0.05) is 30.1 Å². The van der Waals surface area contributed by atoms with Crippen LogP contribution in [0.25, 0.3) is 0 Å². The number of benzene rings is 2. The van der Waals surface area contributed by atoms with Crippen molar-refractivity contribution in [2.45, 2.75) is 24.9 Å². The summed E-state index contributed by atoms with van der Waals surface area (Å²) in [5, 5.41) is 11.3. The van der Waals surface area contributed by atoms with E-state index >= 15 is 0 Å². The molecule has 5 heteroatoms. The van der Waals surface area contributed by atoms with Crippen LogP contribution in [0.2, 0.25) is 0 Å². The number of carbonyl (C=O) groups is 2. The number of carbonyl (C=O) groups excluding carboxylic acids is 2. The molecule has 0 spiro atoms. The molecular weight excluding hydrogens is 364 g/mol. The monoisotopic (exact) mass is 386 g/mol. The van der Waals surface area contributed by atoms with Crippen molar-refractivity contribution in [1.82, 2.24) is 4.98 Å². The van der Waals surface area contributed by atoms with Crippen molar-refractivity contribution >= 4 is 17.4 Å². The Morgan fingerprint density at radius 2 is 1.76 bits per heavy atom. The molecule has 0 saturated carbocycles. The number of aryl methyl sites for hydroxylation is 1. The van der Waals surface area contributed by atoms with Crippen molar-refractivity contribution in [1.29, 1.82) is 0 Å². The predicted molar refractivity (Wildman–Crippen MR) is 111 cm³/mol. The van der Waals surface area contributed by atoms with Crippen LogP contribution in [-0.2, 0) is 16.8 Å². The van der Waals surface area contributed by atoms with Gasteiger partial charge < -0.3 is 10.0 Å². The Morgan fingerprint density at radius 1 is 1.00 bits per heavy atom. The minimum Gasteiger partial charge on any atom is -0.375 e. The molecule has 1 N–H and O–H groups in total. The maximum absolute atomic E-state index is 13.2. The second kappa shape index (κ2) is 7.97. The molecule has 5 nitrogen and oxygen atoms in total. The molecule has 29 heavy (non-hydrogen) atoms. The standard InChI is InChI=1S/C24H22N2O3/c27-22(19-11-6-14-25-17-19)16-24(29)20-12-4-5-13-21(20)26(23(24)28)15-7-10-18-8-2-1-3-9-18/h1-6,8-9,11-14,17,29H,7,10,15-16H2. The molecule has 1 amide bonds. The van der Waals surface area contributed by atoms with Gasteiger partial charge in [-0.1, -0.05) is 48.5 Å². The van der Waals surface area contributed by atoms with E-state index in [0.717, 1.165) is 12.8 Å². The van der Waals surface area contributed by atoms with Crippen molar-refractivity contribution in [3.8, 4) is 0 Å². The normalized spacial score (nSPS) is 18.0. The topological polar surface area (TPSA) is 70.5 Å². The highest BCUT2D eigenvalue weighted by Crippen LogP contribution is 2.42. The Morgan fingerprint density at radius 3 is 2.52 bits per heavy atom. The van der Waals surface area contributed by atoms with Gasteiger partial charge in [0.05, 0.1) is 12.1 Å². The smallest absolute Gasteiger partial charge is 0.264 e. The van der Waals surface area contributed by atoms with Crippen LogP contribution in [0.15, 0.2) is 79.1 Å². The highest BCUT2D eigenvalue weighted by atomic mass is 16.3. The van der Waals surface area contributed by atoms with E-state index in [9.17, 15) is 14.7 Å². The molecule has 0 bridgehead atoms. The molecule has 4 rings (SSSR count). The number of hydrogen-bond acceptors (Lipinski definition) is 4. The Kier molecular flexibility index (Phi) is 5.23. The number of hydrogen-bond donors (Lipinski definition) is 1. The molecular formula is C24H22N2O3. The molecule has 0 radical (unpaired) electrons. The Labute approximate surface area is 169 Å². The van der Waals surface area contributed by atoms with E-state index in [1.807, 2.05) is 30.3 Å². The van der Waals surface area contributed by atoms with Crippen molar-refractivity contribution in [2.75, 3.05) is 11.4 Å². The molecule has 1 aromatic heterocycles. The first-order valence-electron chi connectivity index (χ1n) is 9.70. The van der Waals surface area contributed by atoms with E-state index in [-0.39, 0.29) is 12.2 Å². The van der Waals surface area contributed by atoms with Crippen LogP contribution < -0.4 is 4.90 Å². The number of anilines is 1. The Hall–Kier alpha value is -3.31. The molecule has 0 fully saturated rings. The number of rotatable bonds is 7. The SMILES string of the molecule is O=C(CC1(O)C(=O)N(CCCc2ccccc2)c2ccccc21)c1cccnc1. The molecule has 0 saturated heterocycles. The van der Waals surface area contributed by atoms with Gasteiger partial charge in [0.1, 0.15) is 0 Å². The third kappa shape index (κ3) is 3.69. The van der Waals surface area contributed by atoms with Gasteiger partial charge in [-0.2, -0.15) is 0 Å². The van der Waals surface area contributed by atoms with Crippen molar-refractivity contribution in [3.63, 3.8) is 0 Å². The van der Waals surface area contributed by atoms with Crippen LogP contribution in [0.4, 0.5) is 5.69 Å². The van der Waals surface area contributed by atoms with Crippen LogP contribution in [-0.4, -0.2) is 28.3 Å². The second-order valence-corrected chi connectivity index (χ2v) is 7.27. The van der Waals surface area contributed by atoms with E-state index in [1.54, 1.807) is 35.4 Å². The number of Topliss-reactive ketones (excluding diaryl/α,β-unsaturated/α-hetero) is 1. The minimum atomic E-state index is -1.85. The molecule has 2 aromatic carbocycles. The predicted octanol–water partition coefficient (Wildman–Crippen LogP) is 3.52. The number of aliphatic hydroxyl groups is 1. The first-order chi connectivity index (χ1) is 14.1. The van der Waals surface area contributed by atoms with E-state index in [1.165, 1.54) is 11.8 Å². The molecule has 1 aliphatic heterocycles. The maximum atomic E-state index is 13.2. The van der Waals surface area contributed by atoms with Crippen molar-refractivity contribution in [3.05, 3.63) is 95.8 Å². The summed E-state index contributed by atoms with van der Waals surface area (Å²) in [6.45, 7) is 0.480. The quantitative estimate of drug-likeness (QED) is 0.631. The van der Waals surface area contributed by atoms with Gasteiger partial charge in [-0.05, 0) is 36.6 Å². The van der Waals surface area contributed by atoms with Crippen molar-refractivity contribution < 1.29 is 14.7 Å². The summed E-state index contributed by atoms with van der Waals surface area (Å²) >= 11 is 0.